The average molecular weight is 300 g/mol. The fraction of sp³-hybridized carbons (Fsp3) is 0.467. The molecule has 0 aliphatic heterocycles. The first kappa shape index (κ1) is 15.9. The van der Waals surface area contributed by atoms with Gasteiger partial charge >= 0.3 is 6.18 Å². The molecule has 0 fully saturated rings. The standard InChI is InChI=1S/C15H19F3N2O/c16-15(17,18)11-21-9-1-7-20-8-5-13-3-2-12(4-6-19)10-14(13)20/h2-3,5,8,10H,1,4,6-7,9,11,19H2. The Bertz CT molecular complexity index is 578. The third kappa shape index (κ3) is 4.75. The number of alkyl halides is 3. The molecule has 6 heteroatoms. The van der Waals surface area contributed by atoms with E-state index in [0.717, 1.165) is 17.3 Å². The zero-order valence-electron chi connectivity index (χ0n) is 11.7. The molecule has 0 spiro atoms. The Kier molecular flexibility index (Phi) is 5.25. The van der Waals surface area contributed by atoms with Crippen LogP contribution in [0.1, 0.15) is 12.0 Å². The van der Waals surface area contributed by atoms with Gasteiger partial charge in [-0.25, -0.2) is 0 Å². The quantitative estimate of drug-likeness (QED) is 0.798. The molecular formula is C15H19F3N2O. The van der Waals surface area contributed by atoms with Gasteiger partial charge in [-0.15, -0.1) is 0 Å². The Morgan fingerprint density at radius 3 is 2.71 bits per heavy atom. The molecule has 0 radical (unpaired) electrons. The Morgan fingerprint density at radius 1 is 1.19 bits per heavy atom. The Hall–Kier alpha value is -1.53. The monoisotopic (exact) mass is 300 g/mol. The first-order valence-electron chi connectivity index (χ1n) is 6.92. The van der Waals surface area contributed by atoms with Gasteiger partial charge in [0.2, 0.25) is 0 Å². The van der Waals surface area contributed by atoms with Crippen molar-refractivity contribution in [3.8, 4) is 0 Å². The van der Waals surface area contributed by atoms with Gasteiger partial charge in [-0.1, -0.05) is 12.1 Å². The molecule has 2 rings (SSSR count). The van der Waals surface area contributed by atoms with Crippen LogP contribution in [0.3, 0.4) is 0 Å². The van der Waals surface area contributed by atoms with Gasteiger partial charge in [-0.2, -0.15) is 13.2 Å². The highest BCUT2D eigenvalue weighted by atomic mass is 19.4. The maximum absolute atomic E-state index is 11.9. The van der Waals surface area contributed by atoms with E-state index in [0.29, 0.717) is 19.5 Å². The summed E-state index contributed by atoms with van der Waals surface area (Å²) in [5, 5.41) is 1.12. The number of halogens is 3. The van der Waals surface area contributed by atoms with Crippen molar-refractivity contribution in [1.29, 1.82) is 0 Å². The van der Waals surface area contributed by atoms with Crippen molar-refractivity contribution in [2.75, 3.05) is 19.8 Å². The van der Waals surface area contributed by atoms with Crippen LogP contribution in [0.15, 0.2) is 30.5 Å². The molecule has 0 atom stereocenters. The topological polar surface area (TPSA) is 40.2 Å². The summed E-state index contributed by atoms with van der Waals surface area (Å²) in [7, 11) is 0. The number of nitrogens with two attached hydrogens (primary N) is 1. The van der Waals surface area contributed by atoms with E-state index in [1.165, 1.54) is 5.56 Å². The molecule has 0 aliphatic rings. The van der Waals surface area contributed by atoms with E-state index < -0.39 is 12.8 Å². The molecule has 0 amide bonds. The second kappa shape index (κ2) is 6.95. The van der Waals surface area contributed by atoms with E-state index in [4.69, 9.17) is 5.73 Å². The highest BCUT2D eigenvalue weighted by Crippen LogP contribution is 2.19. The molecule has 1 heterocycles. The molecule has 21 heavy (non-hydrogen) atoms. The lowest BCUT2D eigenvalue weighted by Crippen LogP contribution is -2.17. The van der Waals surface area contributed by atoms with E-state index >= 15 is 0 Å². The van der Waals surface area contributed by atoms with Crippen molar-refractivity contribution in [2.24, 2.45) is 5.73 Å². The van der Waals surface area contributed by atoms with Gasteiger partial charge in [0.15, 0.2) is 0 Å². The lowest BCUT2D eigenvalue weighted by Gasteiger charge is -2.09. The van der Waals surface area contributed by atoms with Gasteiger partial charge in [0, 0.05) is 24.9 Å². The number of rotatable bonds is 7. The number of ether oxygens (including phenoxy) is 1. The third-order valence-corrected chi connectivity index (χ3v) is 3.22. The van der Waals surface area contributed by atoms with Crippen molar-refractivity contribution in [3.05, 3.63) is 36.0 Å². The average Bonchev–Trinajstić information content (AvgIpc) is 2.80. The molecule has 1 aromatic carbocycles. The molecule has 0 unspecified atom stereocenters. The summed E-state index contributed by atoms with van der Waals surface area (Å²) in [6, 6.07) is 8.17. The summed E-state index contributed by atoms with van der Waals surface area (Å²) in [6.07, 6.45) is -0.950. The summed E-state index contributed by atoms with van der Waals surface area (Å²) in [6.45, 7) is 0.146. The molecule has 0 bridgehead atoms. The van der Waals surface area contributed by atoms with Crippen molar-refractivity contribution in [2.45, 2.75) is 25.6 Å². The van der Waals surface area contributed by atoms with Crippen LogP contribution in [0.5, 0.6) is 0 Å². The van der Waals surface area contributed by atoms with Crippen molar-refractivity contribution >= 4 is 10.9 Å². The number of hydrogen-bond acceptors (Lipinski definition) is 2. The van der Waals surface area contributed by atoms with Crippen LogP contribution < -0.4 is 5.73 Å². The van der Waals surface area contributed by atoms with Gasteiger partial charge in [0.1, 0.15) is 6.61 Å². The second-order valence-corrected chi connectivity index (χ2v) is 4.96. The first-order chi connectivity index (χ1) is 9.99. The lowest BCUT2D eigenvalue weighted by atomic mass is 10.1. The minimum atomic E-state index is -4.25. The highest BCUT2D eigenvalue weighted by molar-refractivity contribution is 5.80. The zero-order valence-corrected chi connectivity index (χ0v) is 11.7. The summed E-state index contributed by atoms with van der Waals surface area (Å²) in [4.78, 5) is 0. The van der Waals surface area contributed by atoms with E-state index in [-0.39, 0.29) is 6.61 Å². The summed E-state index contributed by atoms with van der Waals surface area (Å²) in [5.41, 5.74) is 7.80. The third-order valence-electron chi connectivity index (χ3n) is 3.22. The largest absolute Gasteiger partial charge is 0.411 e. The predicted molar refractivity (Wildman–Crippen MR) is 76.2 cm³/mol. The maximum atomic E-state index is 11.9. The summed E-state index contributed by atoms with van der Waals surface area (Å²) < 4.78 is 42.5. The molecule has 0 aliphatic carbocycles. The van der Waals surface area contributed by atoms with Crippen LogP contribution in [0.25, 0.3) is 10.9 Å². The van der Waals surface area contributed by atoms with Crippen LogP contribution in [0, 0.1) is 0 Å². The van der Waals surface area contributed by atoms with Crippen LogP contribution >= 0.6 is 0 Å². The molecule has 3 nitrogen and oxygen atoms in total. The van der Waals surface area contributed by atoms with Gasteiger partial charge < -0.3 is 15.0 Å². The summed E-state index contributed by atoms with van der Waals surface area (Å²) in [5.74, 6) is 0. The number of hydrogen-bond donors (Lipinski definition) is 1. The zero-order chi connectivity index (χ0) is 15.3. The van der Waals surface area contributed by atoms with Gasteiger partial charge in [-0.3, -0.25) is 0 Å². The van der Waals surface area contributed by atoms with Gasteiger partial charge in [0.25, 0.3) is 0 Å². The Labute approximate surface area is 121 Å². The SMILES string of the molecule is NCCc1ccc2ccn(CCCOCC(F)(F)F)c2c1. The maximum Gasteiger partial charge on any atom is 0.411 e. The van der Waals surface area contributed by atoms with E-state index in [2.05, 4.69) is 10.8 Å². The van der Waals surface area contributed by atoms with Gasteiger partial charge in [0.05, 0.1) is 0 Å². The minimum Gasteiger partial charge on any atom is -0.372 e. The fourth-order valence-electron chi connectivity index (χ4n) is 2.27. The van der Waals surface area contributed by atoms with Crippen LogP contribution in [0.2, 0.25) is 0 Å². The number of aryl methyl sites for hydroxylation is 1. The number of aromatic nitrogens is 1. The van der Waals surface area contributed by atoms with E-state index in [1.807, 2.05) is 29.0 Å². The minimum absolute atomic E-state index is 0.0989. The Balaban J connectivity index is 1.91. The van der Waals surface area contributed by atoms with Gasteiger partial charge in [-0.05, 0) is 42.5 Å². The van der Waals surface area contributed by atoms with Crippen molar-refractivity contribution in [3.63, 3.8) is 0 Å². The van der Waals surface area contributed by atoms with Crippen LogP contribution in [0.4, 0.5) is 13.2 Å². The second-order valence-electron chi connectivity index (χ2n) is 4.96. The van der Waals surface area contributed by atoms with E-state index in [1.54, 1.807) is 0 Å². The predicted octanol–water partition coefficient (Wildman–Crippen LogP) is 3.11. The molecule has 1 aromatic heterocycles. The number of nitrogens with zero attached hydrogens (tertiary/aromatic N) is 1. The number of benzene rings is 1. The first-order valence-corrected chi connectivity index (χ1v) is 6.92. The lowest BCUT2D eigenvalue weighted by molar-refractivity contribution is -0.174. The molecule has 116 valence electrons. The molecule has 2 aromatic rings. The van der Waals surface area contributed by atoms with Crippen molar-refractivity contribution < 1.29 is 17.9 Å². The smallest absolute Gasteiger partial charge is 0.372 e. The fourth-order valence-corrected chi connectivity index (χ4v) is 2.27. The van der Waals surface area contributed by atoms with Crippen LogP contribution in [-0.4, -0.2) is 30.5 Å². The Morgan fingerprint density at radius 2 is 2.00 bits per heavy atom. The summed E-state index contributed by atoms with van der Waals surface area (Å²) >= 11 is 0. The van der Waals surface area contributed by atoms with E-state index in [9.17, 15) is 13.2 Å². The number of fused-ring (bicyclic) bond motifs is 1. The molecule has 2 N–H and O–H groups in total. The highest BCUT2D eigenvalue weighted by Gasteiger charge is 2.27. The molecule has 0 saturated carbocycles. The normalized spacial score (nSPS) is 12.2. The molecule has 0 saturated heterocycles. The van der Waals surface area contributed by atoms with Crippen LogP contribution in [-0.2, 0) is 17.7 Å². The molecular weight excluding hydrogens is 281 g/mol. The van der Waals surface area contributed by atoms with Crippen molar-refractivity contribution in [1.82, 2.24) is 4.57 Å².